The second-order valence-corrected chi connectivity index (χ2v) is 8.23. The van der Waals surface area contributed by atoms with Gasteiger partial charge in [0, 0.05) is 18.1 Å². The van der Waals surface area contributed by atoms with Gasteiger partial charge < -0.3 is 4.74 Å². The monoisotopic (exact) mass is 380 g/mol. The number of ether oxygens (including phenoxy) is 1. The predicted molar refractivity (Wildman–Crippen MR) is 105 cm³/mol. The molecular formula is C21H20N2O3S. The van der Waals surface area contributed by atoms with Crippen LogP contribution in [0.25, 0.3) is 0 Å². The molecule has 0 aliphatic heterocycles. The Bertz CT molecular complexity index is 1030. The zero-order valence-corrected chi connectivity index (χ0v) is 15.6. The summed E-state index contributed by atoms with van der Waals surface area (Å²) >= 11 is 0. The zero-order chi connectivity index (χ0) is 18.7. The molecule has 6 heteroatoms. The molecule has 1 aliphatic rings. The van der Waals surface area contributed by atoms with E-state index in [1.165, 1.54) is 12.0 Å². The van der Waals surface area contributed by atoms with E-state index < -0.39 is 10.0 Å². The fourth-order valence-electron chi connectivity index (χ4n) is 3.22. The average Bonchev–Trinajstić information content (AvgIpc) is 2.70. The Hall–Kier alpha value is -2.86. The summed E-state index contributed by atoms with van der Waals surface area (Å²) in [5, 5.41) is 0. The third kappa shape index (κ3) is 4.11. The van der Waals surface area contributed by atoms with E-state index in [-0.39, 0.29) is 0 Å². The number of fused-ring (bicyclic) bond motifs is 1. The lowest BCUT2D eigenvalue weighted by Crippen LogP contribution is -2.14. The molecule has 3 aromatic rings. The van der Waals surface area contributed by atoms with Crippen LogP contribution in [0.4, 0.5) is 5.69 Å². The SMILES string of the molecule is O=S(=O)(Nc1ccc(Oc2ccncc2)cc1)c1ccc2c(c1)CCCC2. The third-order valence-electron chi connectivity index (χ3n) is 4.62. The molecule has 1 aromatic heterocycles. The first-order valence-electron chi connectivity index (χ1n) is 8.93. The van der Waals surface area contributed by atoms with Crippen molar-refractivity contribution in [3.05, 3.63) is 78.1 Å². The van der Waals surface area contributed by atoms with E-state index >= 15 is 0 Å². The summed E-state index contributed by atoms with van der Waals surface area (Å²) in [6.07, 6.45) is 7.56. The molecule has 0 radical (unpaired) electrons. The van der Waals surface area contributed by atoms with Crippen molar-refractivity contribution >= 4 is 15.7 Å². The molecule has 0 saturated carbocycles. The first-order valence-corrected chi connectivity index (χ1v) is 10.4. The van der Waals surface area contributed by atoms with Gasteiger partial charge in [0.15, 0.2) is 0 Å². The van der Waals surface area contributed by atoms with Gasteiger partial charge in [-0.1, -0.05) is 6.07 Å². The van der Waals surface area contributed by atoms with E-state index in [4.69, 9.17) is 4.74 Å². The third-order valence-corrected chi connectivity index (χ3v) is 6.00. The zero-order valence-electron chi connectivity index (χ0n) is 14.8. The summed E-state index contributed by atoms with van der Waals surface area (Å²) < 4.78 is 33.8. The van der Waals surface area contributed by atoms with Crippen molar-refractivity contribution in [3.8, 4) is 11.5 Å². The van der Waals surface area contributed by atoms with Gasteiger partial charge in [0.25, 0.3) is 10.0 Å². The molecule has 0 amide bonds. The molecule has 0 unspecified atom stereocenters. The van der Waals surface area contributed by atoms with Gasteiger partial charge in [-0.15, -0.1) is 0 Å². The minimum Gasteiger partial charge on any atom is -0.457 e. The molecule has 0 fully saturated rings. The van der Waals surface area contributed by atoms with Gasteiger partial charge in [-0.05, 0) is 85.3 Å². The summed E-state index contributed by atoms with van der Waals surface area (Å²) in [4.78, 5) is 4.25. The van der Waals surface area contributed by atoms with E-state index in [0.717, 1.165) is 24.8 Å². The Morgan fingerprint density at radius 1 is 0.815 bits per heavy atom. The molecule has 0 saturated heterocycles. The number of rotatable bonds is 5. The highest BCUT2D eigenvalue weighted by atomic mass is 32.2. The fourth-order valence-corrected chi connectivity index (χ4v) is 4.33. The Kier molecular flexibility index (Phi) is 4.81. The summed E-state index contributed by atoms with van der Waals surface area (Å²) in [6, 6.07) is 15.8. The van der Waals surface area contributed by atoms with Crippen LogP contribution in [0.5, 0.6) is 11.5 Å². The van der Waals surface area contributed by atoms with E-state index in [1.54, 1.807) is 60.9 Å². The van der Waals surface area contributed by atoms with Crippen LogP contribution in [0.3, 0.4) is 0 Å². The fraction of sp³-hybridized carbons (Fsp3) is 0.190. The van der Waals surface area contributed by atoms with Gasteiger partial charge >= 0.3 is 0 Å². The van der Waals surface area contributed by atoms with Crippen molar-refractivity contribution in [3.63, 3.8) is 0 Å². The Labute approximate surface area is 159 Å². The minimum atomic E-state index is -3.62. The van der Waals surface area contributed by atoms with Crippen molar-refractivity contribution < 1.29 is 13.2 Å². The predicted octanol–water partition coefficient (Wildman–Crippen LogP) is 4.55. The maximum absolute atomic E-state index is 12.7. The van der Waals surface area contributed by atoms with Gasteiger partial charge in [0.05, 0.1) is 4.90 Å². The molecule has 0 spiro atoms. The lowest BCUT2D eigenvalue weighted by atomic mass is 9.92. The van der Waals surface area contributed by atoms with Gasteiger partial charge in [-0.25, -0.2) is 8.42 Å². The van der Waals surface area contributed by atoms with Gasteiger partial charge in [-0.3, -0.25) is 9.71 Å². The first kappa shape index (κ1) is 17.5. The van der Waals surface area contributed by atoms with Gasteiger partial charge in [0.1, 0.15) is 11.5 Å². The van der Waals surface area contributed by atoms with Crippen LogP contribution in [0, 0.1) is 0 Å². The second kappa shape index (κ2) is 7.40. The highest BCUT2D eigenvalue weighted by Crippen LogP contribution is 2.26. The molecule has 1 aliphatic carbocycles. The summed E-state index contributed by atoms with van der Waals surface area (Å²) in [6.45, 7) is 0. The number of anilines is 1. The molecule has 2 aromatic carbocycles. The Morgan fingerprint density at radius 3 is 2.22 bits per heavy atom. The largest absolute Gasteiger partial charge is 0.457 e. The lowest BCUT2D eigenvalue weighted by molar-refractivity contribution is 0.482. The van der Waals surface area contributed by atoms with E-state index in [0.29, 0.717) is 22.1 Å². The van der Waals surface area contributed by atoms with Crippen LogP contribution in [0.1, 0.15) is 24.0 Å². The molecule has 1 N–H and O–H groups in total. The highest BCUT2D eigenvalue weighted by Gasteiger charge is 2.18. The number of benzene rings is 2. The number of nitrogens with zero attached hydrogens (tertiary/aromatic N) is 1. The quantitative estimate of drug-likeness (QED) is 0.705. The summed E-state index contributed by atoms with van der Waals surface area (Å²) in [5.41, 5.74) is 2.90. The molecule has 27 heavy (non-hydrogen) atoms. The molecule has 4 rings (SSSR count). The Balaban J connectivity index is 1.49. The number of aryl methyl sites for hydroxylation is 2. The molecule has 138 valence electrons. The van der Waals surface area contributed by atoms with Crippen LogP contribution in [-0.2, 0) is 22.9 Å². The van der Waals surface area contributed by atoms with Crippen LogP contribution >= 0.6 is 0 Å². The molecular weight excluding hydrogens is 360 g/mol. The van der Waals surface area contributed by atoms with Crippen molar-refractivity contribution in [2.45, 2.75) is 30.6 Å². The van der Waals surface area contributed by atoms with Gasteiger partial charge in [-0.2, -0.15) is 0 Å². The number of sulfonamides is 1. The van der Waals surface area contributed by atoms with E-state index in [9.17, 15) is 8.42 Å². The number of pyridine rings is 1. The van der Waals surface area contributed by atoms with Crippen molar-refractivity contribution in [1.82, 2.24) is 4.98 Å². The molecule has 5 nitrogen and oxygen atoms in total. The van der Waals surface area contributed by atoms with Crippen LogP contribution in [0.15, 0.2) is 71.9 Å². The topological polar surface area (TPSA) is 68.3 Å². The van der Waals surface area contributed by atoms with Crippen molar-refractivity contribution in [2.75, 3.05) is 4.72 Å². The standard InChI is InChI=1S/C21H20N2O3S/c24-27(25,21-10-5-16-3-1-2-4-17(16)15-21)23-18-6-8-19(9-7-18)26-20-11-13-22-14-12-20/h5-15,23H,1-4H2. The maximum atomic E-state index is 12.7. The van der Waals surface area contributed by atoms with Crippen LogP contribution < -0.4 is 9.46 Å². The average molecular weight is 380 g/mol. The summed E-state index contributed by atoms with van der Waals surface area (Å²) in [7, 11) is -3.62. The van der Waals surface area contributed by atoms with E-state index in [1.807, 2.05) is 6.07 Å². The van der Waals surface area contributed by atoms with Crippen molar-refractivity contribution in [2.24, 2.45) is 0 Å². The van der Waals surface area contributed by atoms with E-state index in [2.05, 4.69) is 9.71 Å². The second-order valence-electron chi connectivity index (χ2n) is 6.55. The number of nitrogens with one attached hydrogen (secondary N) is 1. The first-order chi connectivity index (χ1) is 13.1. The molecule has 1 heterocycles. The number of aromatic nitrogens is 1. The molecule has 0 atom stereocenters. The highest BCUT2D eigenvalue weighted by molar-refractivity contribution is 7.92. The Morgan fingerprint density at radius 2 is 1.48 bits per heavy atom. The van der Waals surface area contributed by atoms with Crippen LogP contribution in [-0.4, -0.2) is 13.4 Å². The maximum Gasteiger partial charge on any atom is 0.261 e. The summed E-state index contributed by atoms with van der Waals surface area (Å²) in [5.74, 6) is 1.30. The minimum absolute atomic E-state index is 0.306. The molecule has 0 bridgehead atoms. The van der Waals surface area contributed by atoms with Crippen LogP contribution in [0.2, 0.25) is 0 Å². The smallest absolute Gasteiger partial charge is 0.261 e. The number of hydrogen-bond acceptors (Lipinski definition) is 4. The number of hydrogen-bond donors (Lipinski definition) is 1. The normalized spacial score (nSPS) is 13.6. The lowest BCUT2D eigenvalue weighted by Gasteiger charge is -2.17. The van der Waals surface area contributed by atoms with Crippen molar-refractivity contribution in [1.29, 1.82) is 0 Å². The van der Waals surface area contributed by atoms with Gasteiger partial charge in [0.2, 0.25) is 0 Å².